The Hall–Kier alpha value is -5.56. The second-order valence-corrected chi connectivity index (χ2v) is 16.4. The van der Waals surface area contributed by atoms with E-state index in [1.54, 1.807) is 76.1 Å². The van der Waals surface area contributed by atoms with Gasteiger partial charge in [0.2, 0.25) is 11.8 Å². The highest BCUT2D eigenvalue weighted by Gasteiger charge is 2.56. The van der Waals surface area contributed by atoms with E-state index in [0.717, 1.165) is 16.7 Å². The number of likely N-dealkylation sites (tertiary alicyclic amines) is 1. The fourth-order valence-electron chi connectivity index (χ4n) is 6.42. The lowest BCUT2D eigenvalue weighted by Crippen LogP contribution is -2.74. The Morgan fingerprint density at radius 2 is 1.51 bits per heavy atom. The van der Waals surface area contributed by atoms with Gasteiger partial charge in [0, 0.05) is 18.7 Å². The van der Waals surface area contributed by atoms with Crippen LogP contribution in [0.15, 0.2) is 108 Å². The number of carbonyl (C=O) groups is 5. The van der Waals surface area contributed by atoms with Crippen LogP contribution < -0.4 is 10.1 Å². The molecule has 1 N–H and O–H groups in total. The lowest BCUT2D eigenvalue weighted by molar-refractivity contribution is -0.164. The predicted octanol–water partition coefficient (Wildman–Crippen LogP) is 7.05. The Balaban J connectivity index is 1.24. The highest BCUT2D eigenvalue weighted by molar-refractivity contribution is 8.03. The average molecular weight is 768 g/mol. The zero-order valence-corrected chi connectivity index (χ0v) is 32.5. The average Bonchev–Trinajstić information content (AvgIpc) is 3.46. The molecule has 0 aliphatic carbocycles. The third-order valence-electron chi connectivity index (χ3n) is 8.77. The first-order valence-electron chi connectivity index (χ1n) is 18.0. The van der Waals surface area contributed by atoms with Crippen LogP contribution in [0.1, 0.15) is 70.8 Å². The van der Waals surface area contributed by atoms with E-state index in [1.807, 2.05) is 66.7 Å². The molecular weight excluding hydrogens is 723 g/mol. The van der Waals surface area contributed by atoms with E-state index in [0.29, 0.717) is 24.1 Å². The number of carbonyl (C=O) groups excluding carboxylic acids is 5. The predicted molar refractivity (Wildman–Crippen MR) is 205 cm³/mol. The SMILES string of the molecule is CC(C)(C)OC(=O)N[C@@H]1C(=O)N2[C@@H](C(=O)OC(c3ccccc3)c3ccccc3)C(C=C3CCN(Cc4cccc(OC(=O)OC(C)(C)C)c4)C3=O)=CS[C@H]12. The Labute approximate surface area is 324 Å². The number of thioether (sulfide) groups is 1. The zero-order chi connectivity index (χ0) is 39.5. The zero-order valence-electron chi connectivity index (χ0n) is 31.6. The molecule has 55 heavy (non-hydrogen) atoms. The topological polar surface area (TPSA) is 141 Å². The van der Waals surface area contributed by atoms with Crippen molar-refractivity contribution in [3.63, 3.8) is 0 Å². The van der Waals surface area contributed by atoms with E-state index < -0.39 is 58.9 Å². The van der Waals surface area contributed by atoms with Crippen molar-refractivity contribution in [2.45, 2.75) is 89.3 Å². The van der Waals surface area contributed by atoms with Gasteiger partial charge in [-0.15, -0.1) is 11.8 Å². The molecule has 0 aromatic heterocycles. The monoisotopic (exact) mass is 767 g/mol. The minimum Gasteiger partial charge on any atom is -0.451 e. The number of β-lactam (4-membered cyclic amide) rings is 1. The van der Waals surface area contributed by atoms with Gasteiger partial charge in [0.15, 0.2) is 12.1 Å². The lowest BCUT2D eigenvalue weighted by Gasteiger charge is -2.51. The van der Waals surface area contributed by atoms with E-state index in [9.17, 15) is 24.0 Å². The van der Waals surface area contributed by atoms with Crippen LogP contribution in [0, 0.1) is 0 Å². The molecule has 0 bridgehead atoms. The highest BCUT2D eigenvalue weighted by Crippen LogP contribution is 2.42. The molecule has 3 aliphatic rings. The van der Waals surface area contributed by atoms with E-state index in [4.69, 9.17) is 18.9 Å². The second-order valence-electron chi connectivity index (χ2n) is 15.4. The minimum absolute atomic E-state index is 0.232. The molecule has 3 amide bonds. The molecule has 0 saturated carbocycles. The van der Waals surface area contributed by atoms with Gasteiger partial charge in [-0.1, -0.05) is 72.8 Å². The number of fused-ring (bicyclic) bond motifs is 1. The molecule has 3 atom stereocenters. The first kappa shape index (κ1) is 39.1. The number of ether oxygens (including phenoxy) is 4. The van der Waals surface area contributed by atoms with E-state index in [-0.39, 0.29) is 18.2 Å². The summed E-state index contributed by atoms with van der Waals surface area (Å²) in [6.45, 7) is 11.1. The molecule has 13 heteroatoms. The van der Waals surface area contributed by atoms with Crippen molar-refractivity contribution in [3.8, 4) is 5.75 Å². The normalized spacial score (nSPS) is 20.4. The van der Waals surface area contributed by atoms with Gasteiger partial charge < -0.3 is 34.1 Å². The number of hydrogen-bond acceptors (Lipinski definition) is 10. The highest BCUT2D eigenvalue weighted by atomic mass is 32.2. The van der Waals surface area contributed by atoms with Crippen LogP contribution in [-0.2, 0) is 35.1 Å². The van der Waals surface area contributed by atoms with Crippen LogP contribution in [-0.4, -0.2) is 75.0 Å². The first-order chi connectivity index (χ1) is 26.1. The number of rotatable bonds is 9. The van der Waals surface area contributed by atoms with Crippen molar-refractivity contribution in [2.24, 2.45) is 0 Å². The third-order valence-corrected chi connectivity index (χ3v) is 9.95. The van der Waals surface area contributed by atoms with Crippen molar-refractivity contribution >= 4 is 41.8 Å². The number of amides is 3. The molecule has 12 nitrogen and oxygen atoms in total. The van der Waals surface area contributed by atoms with Crippen LogP contribution in [0.3, 0.4) is 0 Å². The molecule has 3 aromatic rings. The quantitative estimate of drug-likeness (QED) is 0.0792. The van der Waals surface area contributed by atoms with Crippen LogP contribution in [0.4, 0.5) is 9.59 Å². The number of esters is 1. The molecule has 3 aliphatic heterocycles. The molecule has 0 radical (unpaired) electrons. The van der Waals surface area contributed by atoms with E-state index in [1.165, 1.54) is 16.7 Å². The van der Waals surface area contributed by atoms with Crippen molar-refractivity contribution in [1.82, 2.24) is 15.1 Å². The van der Waals surface area contributed by atoms with Gasteiger partial charge in [-0.25, -0.2) is 14.4 Å². The van der Waals surface area contributed by atoms with Crippen molar-refractivity contribution < 1.29 is 42.9 Å². The fourth-order valence-corrected chi connectivity index (χ4v) is 7.61. The Kier molecular flexibility index (Phi) is 11.4. The largest absolute Gasteiger partial charge is 0.514 e. The summed E-state index contributed by atoms with van der Waals surface area (Å²) >= 11 is 1.27. The fraction of sp³-hybridized carbons (Fsp3) is 0.357. The Morgan fingerprint density at radius 3 is 2.13 bits per heavy atom. The summed E-state index contributed by atoms with van der Waals surface area (Å²) in [5, 5.41) is 3.80. The van der Waals surface area contributed by atoms with Gasteiger partial charge in [-0.3, -0.25) is 9.59 Å². The molecule has 3 aromatic carbocycles. The molecule has 2 saturated heterocycles. The molecule has 0 unspecified atom stereocenters. The molecule has 288 valence electrons. The molecule has 3 heterocycles. The summed E-state index contributed by atoms with van der Waals surface area (Å²) in [5.74, 6) is -1.10. The van der Waals surface area contributed by atoms with Gasteiger partial charge in [0.25, 0.3) is 0 Å². The lowest BCUT2D eigenvalue weighted by atomic mass is 9.95. The number of alkyl carbamates (subject to hydrolysis) is 1. The Morgan fingerprint density at radius 1 is 0.873 bits per heavy atom. The standard InChI is InChI=1S/C42H45N3O9S/c1-41(2,3)53-39(49)43-32-36(47)45-33(38(48)52-34(27-15-9-7-10-16-27)28-17-11-8-12-18-28)30(25-55-37(32)45)23-29-20-21-44(35(29)46)24-26-14-13-19-31(22-26)51-40(50)54-42(4,5)6/h7-19,22-23,25,32-34,37H,20-21,24H2,1-6H3,(H,43,49)/t32-,33-,37-/m1/s1. The maximum atomic E-state index is 14.4. The molecule has 6 rings (SSSR count). The number of nitrogens with zero attached hydrogens (tertiary/aromatic N) is 2. The second kappa shape index (κ2) is 16.0. The maximum absolute atomic E-state index is 14.4. The van der Waals surface area contributed by atoms with E-state index in [2.05, 4.69) is 5.32 Å². The van der Waals surface area contributed by atoms with Gasteiger partial charge in [-0.2, -0.15) is 0 Å². The van der Waals surface area contributed by atoms with Crippen LogP contribution in [0.5, 0.6) is 5.75 Å². The van der Waals surface area contributed by atoms with Gasteiger partial charge in [-0.05, 0) is 93.8 Å². The summed E-state index contributed by atoms with van der Waals surface area (Å²) in [6, 6.07) is 23.4. The summed E-state index contributed by atoms with van der Waals surface area (Å²) in [4.78, 5) is 70.0. The van der Waals surface area contributed by atoms with Crippen molar-refractivity contribution in [3.05, 3.63) is 124 Å². The van der Waals surface area contributed by atoms with Gasteiger partial charge in [0.1, 0.15) is 28.4 Å². The third kappa shape index (κ3) is 9.58. The molecule has 2 fully saturated rings. The van der Waals surface area contributed by atoms with Crippen LogP contribution in [0.2, 0.25) is 0 Å². The molecular formula is C42H45N3O9S. The smallest absolute Gasteiger partial charge is 0.451 e. The number of hydrogen-bond donors (Lipinski definition) is 1. The van der Waals surface area contributed by atoms with Crippen LogP contribution in [0.25, 0.3) is 0 Å². The number of nitrogens with one attached hydrogen (secondary N) is 1. The van der Waals surface area contributed by atoms with Crippen LogP contribution >= 0.6 is 11.8 Å². The summed E-state index contributed by atoms with van der Waals surface area (Å²) in [6.07, 6.45) is -0.279. The maximum Gasteiger partial charge on any atom is 0.514 e. The Bertz CT molecular complexity index is 1960. The van der Waals surface area contributed by atoms with Gasteiger partial charge >= 0.3 is 18.2 Å². The summed E-state index contributed by atoms with van der Waals surface area (Å²) in [5.41, 5.74) is 1.63. The van der Waals surface area contributed by atoms with Crippen molar-refractivity contribution in [1.29, 1.82) is 0 Å². The number of benzene rings is 3. The first-order valence-corrected chi connectivity index (χ1v) is 19.0. The summed E-state index contributed by atoms with van der Waals surface area (Å²) < 4.78 is 22.3. The minimum atomic E-state index is -1.19. The van der Waals surface area contributed by atoms with Crippen molar-refractivity contribution in [2.75, 3.05) is 6.54 Å². The summed E-state index contributed by atoms with van der Waals surface area (Å²) in [7, 11) is 0. The molecule has 0 spiro atoms. The van der Waals surface area contributed by atoms with E-state index >= 15 is 0 Å². The van der Waals surface area contributed by atoms with Gasteiger partial charge in [0.05, 0.1) is 0 Å².